The molecule has 2 heterocycles. The Morgan fingerprint density at radius 3 is 2.32 bits per heavy atom. The molecular weight excluding hydrogens is 595 g/mol. The number of para-hydroxylation sites is 1. The molecule has 234 valence electrons. The van der Waals surface area contributed by atoms with Crippen molar-refractivity contribution < 1.29 is 23.9 Å². The van der Waals surface area contributed by atoms with Gasteiger partial charge < -0.3 is 19.7 Å². The lowest BCUT2D eigenvalue weighted by Crippen LogP contribution is -2.39. The van der Waals surface area contributed by atoms with Crippen LogP contribution in [0.3, 0.4) is 0 Å². The maximum Gasteiger partial charge on any atom is 0.230 e. The Hall–Kier alpha value is -3.23. The number of rotatable bonds is 13. The van der Waals surface area contributed by atoms with Gasteiger partial charge in [0, 0.05) is 42.8 Å². The molecule has 8 nitrogen and oxygen atoms in total. The first-order chi connectivity index (χ1) is 20.9. The third kappa shape index (κ3) is 9.63. The van der Waals surface area contributed by atoms with Gasteiger partial charge in [-0.3, -0.25) is 19.3 Å². The predicted molar refractivity (Wildman–Crippen MR) is 178 cm³/mol. The number of hydrogen-bond acceptors (Lipinski definition) is 7. The van der Waals surface area contributed by atoms with Gasteiger partial charge in [0.15, 0.2) is 0 Å². The second-order valence-electron chi connectivity index (χ2n) is 12.1. The fourth-order valence-electron chi connectivity index (χ4n) is 4.95. The van der Waals surface area contributed by atoms with Crippen LogP contribution in [0.25, 0.3) is 0 Å². The van der Waals surface area contributed by atoms with Crippen molar-refractivity contribution in [2.75, 3.05) is 37.0 Å². The first-order valence-electron chi connectivity index (χ1n) is 15.0. The van der Waals surface area contributed by atoms with E-state index in [0.29, 0.717) is 43.6 Å². The number of fused-ring (bicyclic) bond motifs is 2. The summed E-state index contributed by atoms with van der Waals surface area (Å²) in [5.74, 6) is 6.91. The molecule has 0 atom stereocenters. The van der Waals surface area contributed by atoms with E-state index in [0.717, 1.165) is 28.1 Å². The summed E-state index contributed by atoms with van der Waals surface area (Å²) in [6, 6.07) is 15.4. The van der Waals surface area contributed by atoms with E-state index < -0.39 is 11.2 Å². The first kappa shape index (κ1) is 33.7. The molecule has 1 saturated heterocycles. The van der Waals surface area contributed by atoms with Crippen LogP contribution >= 0.6 is 24.0 Å². The van der Waals surface area contributed by atoms with E-state index in [4.69, 9.17) is 21.7 Å². The molecule has 3 amide bonds. The van der Waals surface area contributed by atoms with E-state index in [1.165, 1.54) is 11.8 Å². The van der Waals surface area contributed by atoms with Gasteiger partial charge in [0.2, 0.25) is 17.7 Å². The summed E-state index contributed by atoms with van der Waals surface area (Å²) in [4.78, 5) is 41.9. The molecule has 2 aliphatic heterocycles. The van der Waals surface area contributed by atoms with Crippen LogP contribution in [-0.2, 0) is 30.4 Å². The van der Waals surface area contributed by atoms with Crippen LogP contribution in [0.1, 0.15) is 70.1 Å². The Balaban J connectivity index is 1.17. The highest BCUT2D eigenvalue weighted by molar-refractivity contribution is 8.23. The topological polar surface area (TPSA) is 88.2 Å². The van der Waals surface area contributed by atoms with Crippen molar-refractivity contribution in [3.8, 4) is 11.8 Å². The molecule has 2 aliphatic rings. The normalized spacial score (nSPS) is 14.6. The highest BCUT2D eigenvalue weighted by Gasteiger charge is 2.31. The summed E-state index contributed by atoms with van der Waals surface area (Å²) in [6.45, 7) is 9.90. The van der Waals surface area contributed by atoms with Crippen LogP contribution in [0.15, 0.2) is 48.5 Å². The number of thioether (sulfide) groups is 1. The van der Waals surface area contributed by atoms with Gasteiger partial charge in [0.1, 0.15) is 4.32 Å². The van der Waals surface area contributed by atoms with Crippen molar-refractivity contribution in [1.29, 1.82) is 0 Å². The van der Waals surface area contributed by atoms with Crippen molar-refractivity contribution >= 4 is 51.7 Å². The zero-order valence-corrected chi connectivity index (χ0v) is 27.6. The molecule has 0 aromatic heterocycles. The molecule has 2 aromatic rings. The van der Waals surface area contributed by atoms with E-state index in [1.807, 2.05) is 76.2 Å². The Labute approximate surface area is 270 Å². The molecule has 0 bridgehead atoms. The lowest BCUT2D eigenvalue weighted by Gasteiger charge is -2.30. The SMILES string of the molecule is CC(C)(CCOC(C)(C)CC(=O)N1CCSC1=S)OCCNC(=O)CCC(=O)N1Cc2ccccc2C#Cc2ccccc21. The van der Waals surface area contributed by atoms with Gasteiger partial charge in [-0.05, 0) is 57.9 Å². The number of amides is 3. The molecule has 4 rings (SSSR count). The number of carbonyl (C=O) groups is 3. The van der Waals surface area contributed by atoms with Crippen molar-refractivity contribution in [2.24, 2.45) is 0 Å². The Morgan fingerprint density at radius 1 is 0.886 bits per heavy atom. The minimum Gasteiger partial charge on any atom is -0.375 e. The van der Waals surface area contributed by atoms with Gasteiger partial charge in [0.05, 0.1) is 43.1 Å². The van der Waals surface area contributed by atoms with Crippen molar-refractivity contribution in [2.45, 2.75) is 71.1 Å². The molecule has 44 heavy (non-hydrogen) atoms. The summed E-state index contributed by atoms with van der Waals surface area (Å²) in [5, 5.41) is 2.86. The summed E-state index contributed by atoms with van der Waals surface area (Å²) in [7, 11) is 0. The van der Waals surface area contributed by atoms with Gasteiger partial charge in [-0.25, -0.2) is 0 Å². The number of hydrogen-bond donors (Lipinski definition) is 1. The number of nitrogens with zero attached hydrogens (tertiary/aromatic N) is 2. The molecule has 10 heteroatoms. The predicted octanol–water partition coefficient (Wildman–Crippen LogP) is 5.06. The lowest BCUT2D eigenvalue weighted by molar-refractivity contribution is -0.134. The smallest absolute Gasteiger partial charge is 0.230 e. The highest BCUT2D eigenvalue weighted by Crippen LogP contribution is 2.27. The van der Waals surface area contributed by atoms with Gasteiger partial charge in [-0.15, -0.1) is 0 Å². The van der Waals surface area contributed by atoms with Crippen LogP contribution in [0.4, 0.5) is 5.69 Å². The molecule has 0 saturated carbocycles. The van der Waals surface area contributed by atoms with E-state index in [9.17, 15) is 14.4 Å². The number of benzene rings is 2. The zero-order chi connectivity index (χ0) is 31.7. The maximum absolute atomic E-state index is 13.3. The minimum atomic E-state index is -0.618. The van der Waals surface area contributed by atoms with Crippen LogP contribution in [0.2, 0.25) is 0 Å². The third-order valence-electron chi connectivity index (χ3n) is 7.49. The second-order valence-corrected chi connectivity index (χ2v) is 13.8. The number of carbonyl (C=O) groups excluding carboxylic acids is 3. The minimum absolute atomic E-state index is 0.00992. The van der Waals surface area contributed by atoms with Crippen molar-refractivity contribution in [3.05, 3.63) is 65.2 Å². The lowest BCUT2D eigenvalue weighted by atomic mass is 10.0. The summed E-state index contributed by atoms with van der Waals surface area (Å²) in [5.41, 5.74) is 2.31. The Kier molecular flexibility index (Phi) is 11.6. The molecule has 0 unspecified atom stereocenters. The standard InChI is InChI=1S/C34H41N3O5S2/c1-33(2,17-20-41-34(3,4)23-31(40)36-19-22-44-32(36)43)42-21-18-35-29(38)15-16-30(39)37-24-27-11-6-5-9-25(27)13-14-26-10-7-8-12-28(26)37/h5-12H,15-24H2,1-4H3,(H,35,38). The van der Waals surface area contributed by atoms with Crippen LogP contribution < -0.4 is 10.2 Å². The zero-order valence-electron chi connectivity index (χ0n) is 25.9. The summed E-state index contributed by atoms with van der Waals surface area (Å²) < 4.78 is 12.7. The fraction of sp³-hybridized carbons (Fsp3) is 0.471. The largest absolute Gasteiger partial charge is 0.375 e. The molecule has 1 N–H and O–H groups in total. The molecule has 0 radical (unpaired) electrons. The quantitative estimate of drug-likeness (QED) is 0.187. The Bertz CT molecular complexity index is 1450. The number of anilines is 1. The van der Waals surface area contributed by atoms with Crippen LogP contribution in [0, 0.1) is 11.8 Å². The maximum atomic E-state index is 13.3. The third-order valence-corrected chi connectivity index (χ3v) is 8.92. The Morgan fingerprint density at radius 2 is 1.57 bits per heavy atom. The molecular formula is C34H41N3O5S2. The highest BCUT2D eigenvalue weighted by atomic mass is 32.2. The van der Waals surface area contributed by atoms with E-state index in [2.05, 4.69) is 17.2 Å². The summed E-state index contributed by atoms with van der Waals surface area (Å²) >= 11 is 6.79. The molecule has 0 aliphatic carbocycles. The van der Waals surface area contributed by atoms with Gasteiger partial charge in [-0.2, -0.15) is 0 Å². The number of ether oxygens (including phenoxy) is 2. The average molecular weight is 636 g/mol. The summed E-state index contributed by atoms with van der Waals surface area (Å²) in [6.07, 6.45) is 1.04. The van der Waals surface area contributed by atoms with E-state index in [1.54, 1.807) is 9.80 Å². The monoisotopic (exact) mass is 635 g/mol. The van der Waals surface area contributed by atoms with Gasteiger partial charge in [-0.1, -0.05) is 66.2 Å². The second kappa shape index (κ2) is 15.2. The molecule has 1 fully saturated rings. The van der Waals surface area contributed by atoms with Crippen LogP contribution in [-0.4, -0.2) is 70.2 Å². The van der Waals surface area contributed by atoms with E-state index >= 15 is 0 Å². The fourth-order valence-corrected chi connectivity index (χ4v) is 6.19. The van der Waals surface area contributed by atoms with E-state index in [-0.39, 0.29) is 37.0 Å². The van der Waals surface area contributed by atoms with Crippen molar-refractivity contribution in [3.63, 3.8) is 0 Å². The van der Waals surface area contributed by atoms with Crippen molar-refractivity contribution in [1.82, 2.24) is 10.2 Å². The molecule has 0 spiro atoms. The number of nitrogens with one attached hydrogen (secondary N) is 1. The first-order valence-corrected chi connectivity index (χ1v) is 16.3. The molecule has 2 aromatic carbocycles. The van der Waals surface area contributed by atoms with Gasteiger partial charge in [0.25, 0.3) is 0 Å². The average Bonchev–Trinajstić information content (AvgIpc) is 3.41. The number of thiocarbonyl (C=S) groups is 1. The van der Waals surface area contributed by atoms with Crippen LogP contribution in [0.5, 0.6) is 0 Å². The van der Waals surface area contributed by atoms with Gasteiger partial charge >= 0.3 is 0 Å².